The molecule has 2 aliphatic rings. The van der Waals surface area contributed by atoms with Crippen LogP contribution in [0.2, 0.25) is 0 Å². The van der Waals surface area contributed by atoms with Crippen molar-refractivity contribution in [1.82, 2.24) is 4.90 Å². The van der Waals surface area contributed by atoms with Gasteiger partial charge in [-0.25, -0.2) is 0 Å². The molecular formula is C11H19NO. The van der Waals surface area contributed by atoms with Crippen molar-refractivity contribution >= 4 is 5.78 Å². The van der Waals surface area contributed by atoms with Gasteiger partial charge in [-0.15, -0.1) is 0 Å². The van der Waals surface area contributed by atoms with E-state index < -0.39 is 0 Å². The molecule has 2 atom stereocenters. The van der Waals surface area contributed by atoms with E-state index >= 15 is 0 Å². The minimum atomic E-state index is 0.500. The molecule has 2 heteroatoms. The maximum atomic E-state index is 11.3. The lowest BCUT2D eigenvalue weighted by Crippen LogP contribution is -2.43. The number of piperidine rings is 1. The molecule has 13 heavy (non-hydrogen) atoms. The number of hydrogen-bond donors (Lipinski definition) is 0. The fourth-order valence-corrected chi connectivity index (χ4v) is 2.77. The predicted molar refractivity (Wildman–Crippen MR) is 52.7 cm³/mol. The Hall–Kier alpha value is -0.370. The maximum absolute atomic E-state index is 11.3. The largest absolute Gasteiger partial charge is 0.300 e. The van der Waals surface area contributed by atoms with Crippen molar-refractivity contribution in [3.8, 4) is 0 Å². The van der Waals surface area contributed by atoms with Gasteiger partial charge >= 0.3 is 0 Å². The van der Waals surface area contributed by atoms with Crippen LogP contribution in [0.25, 0.3) is 0 Å². The Morgan fingerprint density at radius 1 is 1.31 bits per heavy atom. The van der Waals surface area contributed by atoms with Crippen molar-refractivity contribution in [2.45, 2.75) is 57.5 Å². The van der Waals surface area contributed by atoms with Gasteiger partial charge in [0.2, 0.25) is 0 Å². The number of fused-ring (bicyclic) bond motifs is 2. The van der Waals surface area contributed by atoms with Gasteiger partial charge in [-0.3, -0.25) is 9.69 Å². The van der Waals surface area contributed by atoms with Crippen LogP contribution < -0.4 is 0 Å². The SMILES string of the molecule is CCCCN1C2CCC1CC(=O)C2. The third-order valence-corrected chi connectivity index (χ3v) is 3.47. The number of ketones is 1. The van der Waals surface area contributed by atoms with E-state index in [1.165, 1.54) is 32.2 Å². The van der Waals surface area contributed by atoms with Crippen LogP contribution in [0.4, 0.5) is 0 Å². The average molecular weight is 181 g/mol. The van der Waals surface area contributed by atoms with Gasteiger partial charge in [-0.05, 0) is 25.8 Å². The topological polar surface area (TPSA) is 20.3 Å². The molecule has 0 saturated carbocycles. The van der Waals surface area contributed by atoms with E-state index in [-0.39, 0.29) is 0 Å². The summed E-state index contributed by atoms with van der Waals surface area (Å²) in [5.41, 5.74) is 0. The Kier molecular flexibility index (Phi) is 2.68. The molecule has 2 aliphatic heterocycles. The molecule has 2 saturated heterocycles. The van der Waals surface area contributed by atoms with Gasteiger partial charge in [0, 0.05) is 24.9 Å². The van der Waals surface area contributed by atoms with Crippen LogP contribution in [-0.2, 0) is 4.79 Å². The quantitative estimate of drug-likeness (QED) is 0.663. The van der Waals surface area contributed by atoms with Crippen LogP contribution in [0.5, 0.6) is 0 Å². The Labute approximate surface area is 80.3 Å². The molecular weight excluding hydrogens is 162 g/mol. The van der Waals surface area contributed by atoms with Crippen LogP contribution in [0.15, 0.2) is 0 Å². The average Bonchev–Trinajstić information content (AvgIpc) is 2.33. The zero-order valence-electron chi connectivity index (χ0n) is 8.46. The van der Waals surface area contributed by atoms with E-state index in [4.69, 9.17) is 0 Å². The van der Waals surface area contributed by atoms with Crippen molar-refractivity contribution < 1.29 is 4.79 Å². The maximum Gasteiger partial charge on any atom is 0.136 e. The zero-order valence-corrected chi connectivity index (χ0v) is 8.46. The summed E-state index contributed by atoms with van der Waals surface area (Å²) >= 11 is 0. The molecule has 2 unspecified atom stereocenters. The third-order valence-electron chi connectivity index (χ3n) is 3.47. The van der Waals surface area contributed by atoms with Crippen LogP contribution in [0.3, 0.4) is 0 Å². The molecule has 0 spiro atoms. The normalized spacial score (nSPS) is 34.1. The number of carbonyl (C=O) groups is 1. The van der Waals surface area contributed by atoms with E-state index in [1.54, 1.807) is 0 Å². The molecule has 0 N–H and O–H groups in total. The van der Waals surface area contributed by atoms with Crippen molar-refractivity contribution in [2.75, 3.05) is 6.54 Å². The van der Waals surface area contributed by atoms with Gasteiger partial charge in [-0.2, -0.15) is 0 Å². The highest BCUT2D eigenvalue weighted by molar-refractivity contribution is 5.80. The van der Waals surface area contributed by atoms with Crippen LogP contribution in [0.1, 0.15) is 45.4 Å². The Morgan fingerprint density at radius 2 is 1.92 bits per heavy atom. The summed E-state index contributed by atoms with van der Waals surface area (Å²) in [6.07, 6.45) is 6.76. The lowest BCUT2D eigenvalue weighted by atomic mass is 10.0. The number of rotatable bonds is 3. The van der Waals surface area contributed by atoms with Crippen molar-refractivity contribution in [3.63, 3.8) is 0 Å². The molecule has 74 valence electrons. The molecule has 2 heterocycles. The smallest absolute Gasteiger partial charge is 0.136 e. The first-order chi connectivity index (χ1) is 6.31. The fourth-order valence-electron chi connectivity index (χ4n) is 2.77. The molecule has 0 radical (unpaired) electrons. The summed E-state index contributed by atoms with van der Waals surface area (Å²) in [6.45, 7) is 3.45. The second kappa shape index (κ2) is 3.79. The van der Waals surface area contributed by atoms with Crippen LogP contribution >= 0.6 is 0 Å². The Balaban J connectivity index is 1.94. The fraction of sp³-hybridized carbons (Fsp3) is 0.909. The molecule has 0 aliphatic carbocycles. The first-order valence-electron chi connectivity index (χ1n) is 5.58. The van der Waals surface area contributed by atoms with E-state index in [0.29, 0.717) is 17.9 Å². The highest BCUT2D eigenvalue weighted by atomic mass is 16.1. The lowest BCUT2D eigenvalue weighted by Gasteiger charge is -2.33. The molecule has 0 aromatic carbocycles. The highest BCUT2D eigenvalue weighted by Gasteiger charge is 2.39. The molecule has 0 aromatic rings. The van der Waals surface area contributed by atoms with Gasteiger partial charge in [0.25, 0.3) is 0 Å². The monoisotopic (exact) mass is 181 g/mol. The predicted octanol–water partition coefficient (Wildman–Crippen LogP) is 1.98. The summed E-state index contributed by atoms with van der Waals surface area (Å²) in [6, 6.07) is 1.22. The number of unbranched alkanes of at least 4 members (excludes halogenated alkanes) is 1. The van der Waals surface area contributed by atoms with Gasteiger partial charge < -0.3 is 0 Å². The van der Waals surface area contributed by atoms with Crippen molar-refractivity contribution in [3.05, 3.63) is 0 Å². The third kappa shape index (κ3) is 1.78. The molecule has 0 amide bonds. The van der Waals surface area contributed by atoms with Crippen LogP contribution in [0, 0.1) is 0 Å². The molecule has 2 rings (SSSR count). The summed E-state index contributed by atoms with van der Waals surface area (Å²) < 4.78 is 0. The molecule has 2 fully saturated rings. The zero-order chi connectivity index (χ0) is 9.26. The molecule has 2 nitrogen and oxygen atoms in total. The van der Waals surface area contributed by atoms with E-state index in [1.807, 2.05) is 0 Å². The minimum absolute atomic E-state index is 0.500. The lowest BCUT2D eigenvalue weighted by molar-refractivity contribution is -0.123. The van der Waals surface area contributed by atoms with Crippen LogP contribution in [-0.4, -0.2) is 29.3 Å². The van der Waals surface area contributed by atoms with Crippen molar-refractivity contribution in [2.24, 2.45) is 0 Å². The number of nitrogens with zero attached hydrogens (tertiary/aromatic N) is 1. The first kappa shape index (κ1) is 9.20. The number of Topliss-reactive ketones (excluding diaryl/α,β-unsaturated/α-hetero) is 1. The highest BCUT2D eigenvalue weighted by Crippen LogP contribution is 2.33. The Morgan fingerprint density at radius 3 is 2.46 bits per heavy atom. The summed E-state index contributed by atoms with van der Waals surface area (Å²) in [7, 11) is 0. The van der Waals surface area contributed by atoms with Gasteiger partial charge in [0.15, 0.2) is 0 Å². The van der Waals surface area contributed by atoms with E-state index in [0.717, 1.165) is 12.8 Å². The molecule has 2 bridgehead atoms. The molecule has 0 aromatic heterocycles. The summed E-state index contributed by atoms with van der Waals surface area (Å²) in [5.74, 6) is 0.500. The van der Waals surface area contributed by atoms with E-state index in [2.05, 4.69) is 11.8 Å². The van der Waals surface area contributed by atoms with Gasteiger partial charge in [-0.1, -0.05) is 13.3 Å². The first-order valence-corrected chi connectivity index (χ1v) is 5.58. The standard InChI is InChI=1S/C11H19NO/c1-2-3-6-12-9-4-5-10(12)8-11(13)7-9/h9-10H,2-8H2,1H3. The number of carbonyl (C=O) groups excluding carboxylic acids is 1. The number of hydrogen-bond acceptors (Lipinski definition) is 2. The summed E-state index contributed by atoms with van der Waals surface area (Å²) in [5, 5.41) is 0. The van der Waals surface area contributed by atoms with E-state index in [9.17, 15) is 4.79 Å². The Bertz CT molecular complexity index is 186. The van der Waals surface area contributed by atoms with Crippen molar-refractivity contribution in [1.29, 1.82) is 0 Å². The second-order valence-corrected chi connectivity index (χ2v) is 4.42. The minimum Gasteiger partial charge on any atom is -0.300 e. The van der Waals surface area contributed by atoms with Gasteiger partial charge in [0.05, 0.1) is 0 Å². The summed E-state index contributed by atoms with van der Waals surface area (Å²) in [4.78, 5) is 13.9. The second-order valence-electron chi connectivity index (χ2n) is 4.42. The van der Waals surface area contributed by atoms with Gasteiger partial charge in [0.1, 0.15) is 5.78 Å².